The van der Waals surface area contributed by atoms with Crippen LogP contribution in [0.4, 0.5) is 5.13 Å². The summed E-state index contributed by atoms with van der Waals surface area (Å²) in [6, 6.07) is 0. The lowest BCUT2D eigenvalue weighted by Gasteiger charge is -2.19. The van der Waals surface area contributed by atoms with Gasteiger partial charge in [0.15, 0.2) is 5.13 Å². The second kappa shape index (κ2) is 4.49. The van der Waals surface area contributed by atoms with Crippen molar-refractivity contribution in [3.8, 4) is 0 Å². The first kappa shape index (κ1) is 10.9. The highest BCUT2D eigenvalue weighted by Gasteiger charge is 2.25. The summed E-state index contributed by atoms with van der Waals surface area (Å²) in [5.74, 6) is 0.879. The van der Waals surface area contributed by atoms with Gasteiger partial charge in [-0.05, 0) is 32.6 Å². The molecule has 1 aromatic rings. The summed E-state index contributed by atoms with van der Waals surface area (Å²) in [6.45, 7) is 6.05. The second-order valence-electron chi connectivity index (χ2n) is 4.21. The van der Waals surface area contributed by atoms with Gasteiger partial charge in [0.1, 0.15) is 0 Å². The molecule has 0 amide bonds. The SMILES string of the molecule is CCN(CC1CC1)c1nc(C(C)O)cs1. The van der Waals surface area contributed by atoms with Gasteiger partial charge >= 0.3 is 0 Å². The second-order valence-corrected chi connectivity index (χ2v) is 5.05. The number of rotatable bonds is 5. The van der Waals surface area contributed by atoms with Crippen LogP contribution in [0.1, 0.15) is 38.5 Å². The Morgan fingerprint density at radius 2 is 2.40 bits per heavy atom. The molecule has 4 heteroatoms. The van der Waals surface area contributed by atoms with Crippen molar-refractivity contribution in [1.82, 2.24) is 4.98 Å². The minimum Gasteiger partial charge on any atom is -0.387 e. The summed E-state index contributed by atoms with van der Waals surface area (Å²) in [4.78, 5) is 6.77. The van der Waals surface area contributed by atoms with Crippen LogP contribution in [0.5, 0.6) is 0 Å². The Hall–Kier alpha value is -0.610. The highest BCUT2D eigenvalue weighted by molar-refractivity contribution is 7.13. The molecular weight excluding hydrogens is 208 g/mol. The molecule has 1 aliphatic rings. The molecule has 0 bridgehead atoms. The topological polar surface area (TPSA) is 36.4 Å². The van der Waals surface area contributed by atoms with Crippen molar-refractivity contribution in [2.45, 2.75) is 32.8 Å². The van der Waals surface area contributed by atoms with E-state index in [0.29, 0.717) is 0 Å². The molecule has 1 saturated carbocycles. The maximum atomic E-state index is 9.41. The molecule has 1 aliphatic carbocycles. The standard InChI is InChI=1S/C11H18N2OS/c1-3-13(6-9-4-5-9)11-12-10(7-15-11)8(2)14/h7-9,14H,3-6H2,1-2H3. The summed E-state index contributed by atoms with van der Waals surface area (Å²) in [7, 11) is 0. The van der Waals surface area contributed by atoms with E-state index in [1.807, 2.05) is 5.38 Å². The molecule has 1 atom stereocenters. The van der Waals surface area contributed by atoms with Crippen LogP contribution < -0.4 is 4.90 Å². The Balaban J connectivity index is 2.04. The molecule has 2 rings (SSSR count). The first-order chi connectivity index (χ1) is 7.20. The Morgan fingerprint density at radius 3 is 2.87 bits per heavy atom. The van der Waals surface area contributed by atoms with Gasteiger partial charge in [0.2, 0.25) is 0 Å². The van der Waals surface area contributed by atoms with E-state index in [1.165, 1.54) is 12.8 Å². The van der Waals surface area contributed by atoms with Crippen LogP contribution in [0.25, 0.3) is 0 Å². The molecular formula is C11H18N2OS. The molecule has 84 valence electrons. The highest BCUT2D eigenvalue weighted by Crippen LogP contribution is 2.32. The Bertz CT molecular complexity index is 320. The zero-order valence-corrected chi connectivity index (χ0v) is 10.1. The summed E-state index contributed by atoms with van der Waals surface area (Å²) in [6.07, 6.45) is 2.28. The van der Waals surface area contributed by atoms with Crippen LogP contribution in [0.2, 0.25) is 0 Å². The van der Waals surface area contributed by atoms with Gasteiger partial charge < -0.3 is 10.0 Å². The molecule has 0 saturated heterocycles. The van der Waals surface area contributed by atoms with Crippen LogP contribution in [0.3, 0.4) is 0 Å². The van der Waals surface area contributed by atoms with Gasteiger partial charge in [-0.2, -0.15) is 0 Å². The summed E-state index contributed by atoms with van der Waals surface area (Å²) in [5, 5.41) is 12.4. The van der Waals surface area contributed by atoms with E-state index in [2.05, 4.69) is 16.8 Å². The molecule has 1 N–H and O–H groups in total. The zero-order valence-electron chi connectivity index (χ0n) is 9.31. The molecule has 3 nitrogen and oxygen atoms in total. The van der Waals surface area contributed by atoms with Crippen LogP contribution in [0.15, 0.2) is 5.38 Å². The van der Waals surface area contributed by atoms with E-state index in [9.17, 15) is 5.11 Å². The number of thiazole rings is 1. The Kier molecular flexibility index (Phi) is 3.26. The summed E-state index contributed by atoms with van der Waals surface area (Å²) in [5.41, 5.74) is 0.796. The third-order valence-electron chi connectivity index (χ3n) is 2.77. The molecule has 1 unspecified atom stereocenters. The molecule has 0 spiro atoms. The van der Waals surface area contributed by atoms with E-state index >= 15 is 0 Å². The smallest absolute Gasteiger partial charge is 0.185 e. The van der Waals surface area contributed by atoms with Gasteiger partial charge in [-0.1, -0.05) is 0 Å². The maximum Gasteiger partial charge on any atom is 0.185 e. The van der Waals surface area contributed by atoms with Crippen molar-refractivity contribution < 1.29 is 5.11 Å². The van der Waals surface area contributed by atoms with Crippen LogP contribution in [-0.4, -0.2) is 23.2 Å². The van der Waals surface area contributed by atoms with Crippen LogP contribution >= 0.6 is 11.3 Å². The molecule has 15 heavy (non-hydrogen) atoms. The average Bonchev–Trinajstić information content (AvgIpc) is 2.89. The van der Waals surface area contributed by atoms with Gasteiger partial charge in [0.25, 0.3) is 0 Å². The van der Waals surface area contributed by atoms with Gasteiger partial charge in [-0.15, -0.1) is 11.3 Å². The molecule has 1 heterocycles. The van der Waals surface area contributed by atoms with E-state index in [1.54, 1.807) is 18.3 Å². The molecule has 0 aromatic carbocycles. The summed E-state index contributed by atoms with van der Waals surface area (Å²) < 4.78 is 0. The number of aliphatic hydroxyl groups is 1. The predicted molar refractivity (Wildman–Crippen MR) is 63.4 cm³/mol. The van der Waals surface area contributed by atoms with Gasteiger partial charge in [-0.3, -0.25) is 0 Å². The molecule has 1 fully saturated rings. The van der Waals surface area contributed by atoms with E-state index in [4.69, 9.17) is 0 Å². The molecule has 0 aliphatic heterocycles. The van der Waals surface area contributed by atoms with Crippen molar-refractivity contribution in [3.05, 3.63) is 11.1 Å². The number of anilines is 1. The highest BCUT2D eigenvalue weighted by atomic mass is 32.1. The number of hydrogen-bond acceptors (Lipinski definition) is 4. The Morgan fingerprint density at radius 1 is 1.67 bits per heavy atom. The van der Waals surface area contributed by atoms with Crippen molar-refractivity contribution >= 4 is 16.5 Å². The normalized spacial score (nSPS) is 17.8. The zero-order chi connectivity index (χ0) is 10.8. The van der Waals surface area contributed by atoms with Crippen molar-refractivity contribution in [2.24, 2.45) is 5.92 Å². The monoisotopic (exact) mass is 226 g/mol. The first-order valence-electron chi connectivity index (χ1n) is 5.59. The van der Waals surface area contributed by atoms with Gasteiger partial charge in [-0.25, -0.2) is 4.98 Å². The number of hydrogen-bond donors (Lipinski definition) is 1. The number of aliphatic hydroxyl groups excluding tert-OH is 1. The predicted octanol–water partition coefficient (Wildman–Crippen LogP) is 2.43. The van der Waals surface area contributed by atoms with Gasteiger partial charge in [0.05, 0.1) is 11.8 Å². The average molecular weight is 226 g/mol. The maximum absolute atomic E-state index is 9.41. The van der Waals surface area contributed by atoms with E-state index in [0.717, 1.165) is 29.8 Å². The van der Waals surface area contributed by atoms with Crippen molar-refractivity contribution in [3.63, 3.8) is 0 Å². The quantitative estimate of drug-likeness (QED) is 0.837. The van der Waals surface area contributed by atoms with Gasteiger partial charge in [0, 0.05) is 18.5 Å². The largest absolute Gasteiger partial charge is 0.387 e. The number of nitrogens with zero attached hydrogens (tertiary/aromatic N) is 2. The lowest BCUT2D eigenvalue weighted by atomic mass is 10.3. The fourth-order valence-corrected chi connectivity index (χ4v) is 2.55. The first-order valence-corrected chi connectivity index (χ1v) is 6.47. The fraction of sp³-hybridized carbons (Fsp3) is 0.727. The number of aromatic nitrogens is 1. The van der Waals surface area contributed by atoms with E-state index < -0.39 is 6.10 Å². The van der Waals surface area contributed by atoms with Crippen molar-refractivity contribution in [2.75, 3.05) is 18.0 Å². The lowest BCUT2D eigenvalue weighted by Crippen LogP contribution is -2.25. The third kappa shape index (κ3) is 2.69. The summed E-state index contributed by atoms with van der Waals surface area (Å²) >= 11 is 1.64. The van der Waals surface area contributed by atoms with Crippen LogP contribution in [0, 0.1) is 5.92 Å². The minimum atomic E-state index is -0.449. The Labute approximate surface area is 94.8 Å². The minimum absolute atomic E-state index is 0.449. The lowest BCUT2D eigenvalue weighted by molar-refractivity contribution is 0.195. The van der Waals surface area contributed by atoms with E-state index in [-0.39, 0.29) is 0 Å². The fourth-order valence-electron chi connectivity index (χ4n) is 1.57. The third-order valence-corrected chi connectivity index (χ3v) is 3.69. The van der Waals surface area contributed by atoms with Crippen LogP contribution in [-0.2, 0) is 0 Å². The van der Waals surface area contributed by atoms with Crippen molar-refractivity contribution in [1.29, 1.82) is 0 Å². The molecule has 0 radical (unpaired) electrons. The molecule has 1 aromatic heterocycles.